The normalized spacial score (nSPS) is 13.3. The first-order valence-electron chi connectivity index (χ1n) is 11.6. The molecule has 2 heterocycles. The second-order valence-corrected chi connectivity index (χ2v) is 10.4. The van der Waals surface area contributed by atoms with E-state index in [1.165, 1.54) is 16.9 Å². The molecule has 3 aromatic rings. The smallest absolute Gasteiger partial charge is 0.341 e. The monoisotopic (exact) mass is 548 g/mol. The lowest BCUT2D eigenvalue weighted by atomic mass is 10.0. The minimum atomic E-state index is -1.18. The Morgan fingerprint density at radius 2 is 1.81 bits per heavy atom. The van der Waals surface area contributed by atoms with Crippen molar-refractivity contribution in [3.05, 3.63) is 81.2 Å². The third-order valence-corrected chi connectivity index (χ3v) is 7.21. The Labute approximate surface area is 227 Å². The fraction of sp³-hybridized carbons (Fsp3) is 0.333. The predicted octanol–water partition coefficient (Wildman–Crippen LogP) is 6.35. The lowest BCUT2D eigenvalue weighted by Gasteiger charge is -2.27. The second kappa shape index (κ2) is 12.1. The third kappa shape index (κ3) is 6.59. The molecule has 192 valence electrons. The number of nitrogens with zero attached hydrogens (tertiary/aromatic N) is 1. The van der Waals surface area contributed by atoms with Crippen LogP contribution in [0.25, 0.3) is 0 Å². The standard InChI is InChI=1S/C27H29ClN2O4S.ClH/c1-4-33-25(31)23-21-14-15-30(16-18-8-6-5-7-9-18)17-22(21)35-24(23)29-26(32)27(2,3)34-20-12-10-19(28)11-13-20;/h5-13H,4,14-17H2,1-3H3,(H,29,32);1H. The van der Waals surface area contributed by atoms with E-state index >= 15 is 0 Å². The molecule has 0 fully saturated rings. The summed E-state index contributed by atoms with van der Waals surface area (Å²) in [7, 11) is 0. The molecule has 1 amide bonds. The van der Waals surface area contributed by atoms with Crippen molar-refractivity contribution in [1.82, 2.24) is 4.90 Å². The van der Waals surface area contributed by atoms with E-state index in [0.717, 1.165) is 23.5 Å². The molecule has 0 radical (unpaired) electrons. The van der Waals surface area contributed by atoms with Crippen LogP contribution in [0.4, 0.5) is 5.00 Å². The number of carbonyl (C=O) groups excluding carboxylic acids is 2. The van der Waals surface area contributed by atoms with E-state index in [9.17, 15) is 9.59 Å². The summed E-state index contributed by atoms with van der Waals surface area (Å²) in [5.74, 6) is -0.229. The molecule has 1 N–H and O–H groups in total. The van der Waals surface area contributed by atoms with Gasteiger partial charge in [0.15, 0.2) is 5.60 Å². The first kappa shape index (κ1) is 28.0. The van der Waals surface area contributed by atoms with Gasteiger partial charge >= 0.3 is 5.97 Å². The van der Waals surface area contributed by atoms with E-state index in [-0.39, 0.29) is 24.9 Å². The lowest BCUT2D eigenvalue weighted by Crippen LogP contribution is -2.42. The van der Waals surface area contributed by atoms with Crippen LogP contribution in [0, 0.1) is 0 Å². The molecule has 0 saturated heterocycles. The maximum atomic E-state index is 13.2. The van der Waals surface area contributed by atoms with Gasteiger partial charge in [0.2, 0.25) is 0 Å². The summed E-state index contributed by atoms with van der Waals surface area (Å²) in [5, 5.41) is 4.05. The number of carbonyl (C=O) groups is 2. The molecule has 6 nitrogen and oxygen atoms in total. The van der Waals surface area contributed by atoms with E-state index < -0.39 is 11.6 Å². The molecule has 0 atom stereocenters. The van der Waals surface area contributed by atoms with Gasteiger partial charge in [-0.1, -0.05) is 41.9 Å². The number of anilines is 1. The van der Waals surface area contributed by atoms with E-state index in [1.54, 1.807) is 45.0 Å². The van der Waals surface area contributed by atoms with Crippen LogP contribution >= 0.6 is 35.3 Å². The number of halogens is 2. The van der Waals surface area contributed by atoms with Crippen molar-refractivity contribution in [3.8, 4) is 5.75 Å². The van der Waals surface area contributed by atoms with Gasteiger partial charge in [0.1, 0.15) is 10.8 Å². The van der Waals surface area contributed by atoms with E-state index in [1.807, 2.05) is 18.2 Å². The molecule has 0 saturated carbocycles. The highest BCUT2D eigenvalue weighted by atomic mass is 35.5. The number of rotatable bonds is 8. The molecule has 0 aliphatic carbocycles. The van der Waals surface area contributed by atoms with Crippen LogP contribution in [0.2, 0.25) is 5.02 Å². The van der Waals surface area contributed by atoms with E-state index in [0.29, 0.717) is 34.3 Å². The van der Waals surface area contributed by atoms with Crippen LogP contribution in [-0.2, 0) is 29.0 Å². The van der Waals surface area contributed by atoms with Crippen molar-refractivity contribution >= 4 is 52.2 Å². The quantitative estimate of drug-likeness (QED) is 0.332. The second-order valence-electron chi connectivity index (χ2n) is 8.90. The summed E-state index contributed by atoms with van der Waals surface area (Å²) in [4.78, 5) is 29.6. The number of thiophene rings is 1. The zero-order valence-electron chi connectivity index (χ0n) is 20.5. The Morgan fingerprint density at radius 1 is 1.11 bits per heavy atom. The van der Waals surface area contributed by atoms with Gasteiger partial charge in [0.05, 0.1) is 12.2 Å². The van der Waals surface area contributed by atoms with Crippen molar-refractivity contribution in [2.45, 2.75) is 45.9 Å². The highest BCUT2D eigenvalue weighted by molar-refractivity contribution is 7.17. The fourth-order valence-corrected chi connectivity index (χ4v) is 5.44. The molecule has 36 heavy (non-hydrogen) atoms. The average Bonchev–Trinajstić information content (AvgIpc) is 3.18. The lowest BCUT2D eigenvalue weighted by molar-refractivity contribution is -0.128. The number of fused-ring (bicyclic) bond motifs is 1. The molecule has 2 aromatic carbocycles. The zero-order chi connectivity index (χ0) is 25.0. The summed E-state index contributed by atoms with van der Waals surface area (Å²) >= 11 is 7.39. The number of benzene rings is 2. The number of amides is 1. The van der Waals surface area contributed by atoms with Crippen LogP contribution in [-0.4, -0.2) is 35.5 Å². The van der Waals surface area contributed by atoms with Gasteiger partial charge in [0.25, 0.3) is 5.91 Å². The van der Waals surface area contributed by atoms with Crippen LogP contribution in [0.1, 0.15) is 47.1 Å². The summed E-state index contributed by atoms with van der Waals surface area (Å²) < 4.78 is 11.3. The van der Waals surface area contributed by atoms with Gasteiger partial charge in [-0.2, -0.15) is 0 Å². The molecular formula is C27H30Cl2N2O4S. The van der Waals surface area contributed by atoms with E-state index in [2.05, 4.69) is 22.3 Å². The van der Waals surface area contributed by atoms with Crippen molar-refractivity contribution in [1.29, 1.82) is 0 Å². The maximum absolute atomic E-state index is 13.2. The topological polar surface area (TPSA) is 67.9 Å². The van der Waals surface area contributed by atoms with Gasteiger partial charge in [0, 0.05) is 29.5 Å². The Balaban J connectivity index is 0.00000361. The number of ether oxygens (including phenoxy) is 2. The first-order chi connectivity index (χ1) is 16.8. The van der Waals surface area contributed by atoms with Crippen LogP contribution in [0.5, 0.6) is 5.75 Å². The molecule has 9 heteroatoms. The average molecular weight is 550 g/mol. The summed E-state index contributed by atoms with van der Waals surface area (Å²) in [6.45, 7) is 7.79. The molecule has 1 aromatic heterocycles. The summed E-state index contributed by atoms with van der Waals surface area (Å²) in [6, 6.07) is 17.2. The first-order valence-corrected chi connectivity index (χ1v) is 12.8. The number of esters is 1. The minimum Gasteiger partial charge on any atom is -0.478 e. The number of nitrogens with one attached hydrogen (secondary N) is 1. The molecule has 4 rings (SSSR count). The number of hydrogen-bond donors (Lipinski definition) is 1. The highest BCUT2D eigenvalue weighted by Crippen LogP contribution is 2.38. The molecule has 0 spiro atoms. The van der Waals surface area contributed by atoms with Gasteiger partial charge in [-0.05, 0) is 62.6 Å². The molecule has 1 aliphatic rings. The van der Waals surface area contributed by atoms with Crippen LogP contribution < -0.4 is 10.1 Å². The highest BCUT2D eigenvalue weighted by Gasteiger charge is 2.34. The summed E-state index contributed by atoms with van der Waals surface area (Å²) in [6.07, 6.45) is 0.716. The van der Waals surface area contributed by atoms with Crippen molar-refractivity contribution < 1.29 is 19.1 Å². The number of hydrogen-bond acceptors (Lipinski definition) is 6. The van der Waals surface area contributed by atoms with Crippen LogP contribution in [0.3, 0.4) is 0 Å². The van der Waals surface area contributed by atoms with Crippen molar-refractivity contribution in [2.24, 2.45) is 0 Å². The largest absolute Gasteiger partial charge is 0.478 e. The molecule has 0 bridgehead atoms. The van der Waals surface area contributed by atoms with Gasteiger partial charge < -0.3 is 14.8 Å². The summed E-state index contributed by atoms with van der Waals surface area (Å²) in [5.41, 5.74) is 1.49. The Bertz CT molecular complexity index is 1200. The van der Waals surface area contributed by atoms with Gasteiger partial charge in [-0.3, -0.25) is 9.69 Å². The minimum absolute atomic E-state index is 0. The predicted molar refractivity (Wildman–Crippen MR) is 147 cm³/mol. The SMILES string of the molecule is CCOC(=O)c1c(NC(=O)C(C)(C)Oc2ccc(Cl)cc2)sc2c1CCN(Cc1ccccc1)C2.Cl. The Kier molecular flexibility index (Phi) is 9.41. The molecular weight excluding hydrogens is 519 g/mol. The third-order valence-electron chi connectivity index (χ3n) is 5.83. The Morgan fingerprint density at radius 3 is 2.47 bits per heavy atom. The van der Waals surface area contributed by atoms with Crippen LogP contribution in [0.15, 0.2) is 54.6 Å². The fourth-order valence-electron chi connectivity index (χ4n) is 4.04. The zero-order valence-corrected chi connectivity index (χ0v) is 22.9. The van der Waals surface area contributed by atoms with Crippen molar-refractivity contribution in [3.63, 3.8) is 0 Å². The van der Waals surface area contributed by atoms with Gasteiger partial charge in [-0.15, -0.1) is 23.7 Å². The Hall–Kier alpha value is -2.58. The van der Waals surface area contributed by atoms with Crippen molar-refractivity contribution in [2.75, 3.05) is 18.5 Å². The van der Waals surface area contributed by atoms with Gasteiger partial charge in [-0.25, -0.2) is 4.79 Å². The van der Waals surface area contributed by atoms with E-state index in [4.69, 9.17) is 21.1 Å². The maximum Gasteiger partial charge on any atom is 0.341 e. The molecule has 1 aliphatic heterocycles. The molecule has 0 unspecified atom stereocenters.